The van der Waals surface area contributed by atoms with Gasteiger partial charge in [0.05, 0.1) is 23.8 Å². The van der Waals surface area contributed by atoms with Gasteiger partial charge in [-0.15, -0.1) is 0 Å². The largest absolute Gasteiger partial charge is 0.395 e. The molecular formula is C18H18BrN3O4. The highest BCUT2D eigenvalue weighted by molar-refractivity contribution is 9.10. The molecule has 3 rings (SSSR count). The van der Waals surface area contributed by atoms with Crippen LogP contribution in [0.1, 0.15) is 16.1 Å². The molecule has 0 spiro atoms. The molecule has 0 radical (unpaired) electrons. The molecular weight excluding hydrogens is 402 g/mol. The number of aliphatic hydroxyl groups is 1. The summed E-state index contributed by atoms with van der Waals surface area (Å²) in [5.41, 5.74) is 2.03. The molecule has 0 saturated heterocycles. The number of aromatic nitrogens is 1. The van der Waals surface area contributed by atoms with Gasteiger partial charge in [-0.3, -0.25) is 9.59 Å². The lowest BCUT2D eigenvalue weighted by atomic mass is 9.94. The summed E-state index contributed by atoms with van der Waals surface area (Å²) < 4.78 is 6.18. The summed E-state index contributed by atoms with van der Waals surface area (Å²) in [5, 5.41) is 18.3. The van der Waals surface area contributed by atoms with Crippen LogP contribution in [0.25, 0.3) is 11.3 Å². The van der Waals surface area contributed by atoms with E-state index in [1.165, 1.54) is 0 Å². The van der Waals surface area contributed by atoms with Gasteiger partial charge in [0.25, 0.3) is 5.91 Å². The molecule has 1 aromatic carbocycles. The van der Waals surface area contributed by atoms with Crippen LogP contribution in [-0.4, -0.2) is 41.7 Å². The Morgan fingerprint density at radius 1 is 1.38 bits per heavy atom. The molecule has 1 aromatic heterocycles. The van der Waals surface area contributed by atoms with E-state index in [0.717, 1.165) is 10.0 Å². The van der Waals surface area contributed by atoms with Crippen LogP contribution in [0.5, 0.6) is 0 Å². The molecule has 1 aliphatic rings. The molecule has 0 aliphatic carbocycles. The maximum Gasteiger partial charge on any atom is 0.267 e. The fourth-order valence-electron chi connectivity index (χ4n) is 2.78. The van der Waals surface area contributed by atoms with Gasteiger partial charge in [0.2, 0.25) is 0 Å². The van der Waals surface area contributed by atoms with Crippen molar-refractivity contribution in [1.29, 1.82) is 0 Å². The average molecular weight is 420 g/mol. The number of rotatable bonds is 6. The van der Waals surface area contributed by atoms with Crippen LogP contribution in [-0.2, 0) is 4.79 Å². The Balaban J connectivity index is 1.85. The minimum absolute atomic E-state index is 0.141. The summed E-state index contributed by atoms with van der Waals surface area (Å²) in [6.07, 6.45) is 1.60. The fourth-order valence-corrected chi connectivity index (χ4v) is 3.04. The molecule has 136 valence electrons. The first-order valence-corrected chi connectivity index (χ1v) is 8.91. The summed E-state index contributed by atoms with van der Waals surface area (Å²) in [5.74, 6) is -0.541. The van der Waals surface area contributed by atoms with Crippen LogP contribution in [0, 0.1) is 12.8 Å². The SMILES string of the molecule is Cc1onc(-c2ccc(Br)cc2)c1C(=O)C1C=C(C(=O)NCCO)NC1. The van der Waals surface area contributed by atoms with Gasteiger partial charge in [-0.05, 0) is 25.1 Å². The zero-order valence-corrected chi connectivity index (χ0v) is 15.7. The third-order valence-corrected chi connectivity index (χ3v) is 4.61. The third-order valence-electron chi connectivity index (χ3n) is 4.09. The quantitative estimate of drug-likeness (QED) is 0.616. The molecule has 8 heteroatoms. The monoisotopic (exact) mass is 419 g/mol. The fraction of sp³-hybridized carbons (Fsp3) is 0.278. The Morgan fingerprint density at radius 2 is 2.12 bits per heavy atom. The van der Waals surface area contributed by atoms with Gasteiger partial charge in [-0.25, -0.2) is 0 Å². The number of hydrogen-bond donors (Lipinski definition) is 3. The van der Waals surface area contributed by atoms with Crippen molar-refractivity contribution in [3.63, 3.8) is 0 Å². The van der Waals surface area contributed by atoms with Crippen molar-refractivity contribution in [3.05, 3.63) is 51.8 Å². The highest BCUT2D eigenvalue weighted by Crippen LogP contribution is 2.29. The van der Waals surface area contributed by atoms with E-state index >= 15 is 0 Å². The van der Waals surface area contributed by atoms with Crippen LogP contribution in [0.4, 0.5) is 0 Å². The summed E-state index contributed by atoms with van der Waals surface area (Å²) in [6.45, 7) is 2.04. The minimum atomic E-state index is -0.489. The molecule has 1 atom stereocenters. The third kappa shape index (κ3) is 3.71. The second-order valence-corrected chi connectivity index (χ2v) is 6.80. The Hall–Kier alpha value is -2.45. The maximum atomic E-state index is 13.0. The van der Waals surface area contributed by atoms with E-state index in [4.69, 9.17) is 9.63 Å². The molecule has 1 amide bonds. The molecule has 1 aliphatic heterocycles. The van der Waals surface area contributed by atoms with Crippen molar-refractivity contribution < 1.29 is 19.2 Å². The molecule has 26 heavy (non-hydrogen) atoms. The predicted molar refractivity (Wildman–Crippen MR) is 98.4 cm³/mol. The second kappa shape index (κ2) is 7.84. The molecule has 2 heterocycles. The molecule has 2 aromatic rings. The van der Waals surface area contributed by atoms with Crippen molar-refractivity contribution in [3.8, 4) is 11.3 Å². The van der Waals surface area contributed by atoms with Crippen LogP contribution in [0.3, 0.4) is 0 Å². The highest BCUT2D eigenvalue weighted by Gasteiger charge is 2.31. The number of benzene rings is 1. The second-order valence-electron chi connectivity index (χ2n) is 5.88. The standard InChI is InChI=1S/C18H18BrN3O4/c1-10-15(16(22-26-10)11-2-4-13(19)5-3-11)17(24)12-8-14(21-9-12)18(25)20-6-7-23/h2-5,8,12,21,23H,6-7,9H2,1H3,(H,20,25). The number of aryl methyl sites for hydroxylation is 1. The van der Waals surface area contributed by atoms with Gasteiger partial charge in [0.1, 0.15) is 11.5 Å². The Kier molecular flexibility index (Phi) is 5.53. The van der Waals surface area contributed by atoms with E-state index in [-0.39, 0.29) is 24.8 Å². The summed E-state index contributed by atoms with van der Waals surface area (Å²) in [4.78, 5) is 25.0. The van der Waals surface area contributed by atoms with Gasteiger partial charge < -0.3 is 20.3 Å². The number of halogens is 1. The lowest BCUT2D eigenvalue weighted by Crippen LogP contribution is -2.32. The van der Waals surface area contributed by atoms with E-state index in [1.54, 1.807) is 13.0 Å². The van der Waals surface area contributed by atoms with Crippen molar-refractivity contribution in [2.75, 3.05) is 19.7 Å². The van der Waals surface area contributed by atoms with Crippen LogP contribution in [0.15, 0.2) is 45.0 Å². The first-order valence-electron chi connectivity index (χ1n) is 8.12. The number of carbonyl (C=O) groups is 2. The number of Topliss-reactive ketones (excluding diaryl/α,β-unsaturated/α-hetero) is 1. The molecule has 3 N–H and O–H groups in total. The maximum absolute atomic E-state index is 13.0. The summed E-state index contributed by atoms with van der Waals surface area (Å²) in [6, 6.07) is 7.45. The molecule has 0 bridgehead atoms. The molecule has 0 fully saturated rings. The first kappa shape index (κ1) is 18.3. The van der Waals surface area contributed by atoms with Gasteiger partial charge >= 0.3 is 0 Å². The number of amides is 1. The van der Waals surface area contributed by atoms with Crippen molar-refractivity contribution in [2.24, 2.45) is 5.92 Å². The average Bonchev–Trinajstić information content (AvgIpc) is 3.27. The van der Waals surface area contributed by atoms with Crippen molar-refractivity contribution >= 4 is 27.6 Å². The van der Waals surface area contributed by atoms with E-state index < -0.39 is 5.92 Å². The van der Waals surface area contributed by atoms with Crippen LogP contribution < -0.4 is 10.6 Å². The Labute approximate surface area is 158 Å². The predicted octanol–water partition coefficient (Wildman–Crippen LogP) is 1.81. The molecule has 1 unspecified atom stereocenters. The summed E-state index contributed by atoms with van der Waals surface area (Å²) in [7, 11) is 0. The van der Waals surface area contributed by atoms with Crippen LogP contribution in [0.2, 0.25) is 0 Å². The van der Waals surface area contributed by atoms with Gasteiger partial charge in [0, 0.05) is 23.1 Å². The highest BCUT2D eigenvalue weighted by atomic mass is 79.9. The lowest BCUT2D eigenvalue weighted by Gasteiger charge is -2.07. The molecule has 7 nitrogen and oxygen atoms in total. The topological polar surface area (TPSA) is 104 Å². The minimum Gasteiger partial charge on any atom is -0.395 e. The number of aliphatic hydroxyl groups excluding tert-OH is 1. The van der Waals surface area contributed by atoms with Gasteiger partial charge in [-0.1, -0.05) is 33.2 Å². The number of nitrogens with zero attached hydrogens (tertiary/aromatic N) is 1. The molecule has 0 saturated carbocycles. The van der Waals surface area contributed by atoms with Gasteiger partial charge in [0.15, 0.2) is 5.78 Å². The smallest absolute Gasteiger partial charge is 0.267 e. The number of hydrogen-bond acceptors (Lipinski definition) is 6. The zero-order chi connectivity index (χ0) is 18.7. The number of carbonyl (C=O) groups excluding carboxylic acids is 2. The van der Waals surface area contributed by atoms with E-state index in [1.807, 2.05) is 24.3 Å². The summed E-state index contributed by atoms with van der Waals surface area (Å²) >= 11 is 3.38. The number of ketones is 1. The van der Waals surface area contributed by atoms with Gasteiger partial charge in [-0.2, -0.15) is 0 Å². The van der Waals surface area contributed by atoms with Crippen molar-refractivity contribution in [1.82, 2.24) is 15.8 Å². The van der Waals surface area contributed by atoms with E-state index in [9.17, 15) is 9.59 Å². The zero-order valence-electron chi connectivity index (χ0n) is 14.1. The normalized spacial score (nSPS) is 16.1. The van der Waals surface area contributed by atoms with E-state index in [0.29, 0.717) is 29.3 Å². The lowest BCUT2D eigenvalue weighted by molar-refractivity contribution is -0.117. The Morgan fingerprint density at radius 3 is 2.81 bits per heavy atom. The Bertz CT molecular complexity index is 858. The first-order chi connectivity index (χ1) is 12.5. The van der Waals surface area contributed by atoms with E-state index in [2.05, 4.69) is 31.7 Å². The van der Waals surface area contributed by atoms with Crippen molar-refractivity contribution in [2.45, 2.75) is 6.92 Å². The van der Waals surface area contributed by atoms with Crippen LogP contribution >= 0.6 is 15.9 Å². The number of nitrogens with one attached hydrogen (secondary N) is 2.